The summed E-state index contributed by atoms with van der Waals surface area (Å²) in [5.41, 5.74) is 8.47. The lowest BCUT2D eigenvalue weighted by Crippen LogP contribution is -2.24. The van der Waals surface area contributed by atoms with Gasteiger partial charge < -0.3 is 9.73 Å². The highest BCUT2D eigenvalue weighted by Crippen LogP contribution is 2.16. The van der Waals surface area contributed by atoms with Crippen molar-refractivity contribution in [1.29, 1.82) is 0 Å². The quantitative estimate of drug-likeness (QED) is 0.386. The Balaban J connectivity index is 2.31. The predicted octanol–water partition coefficient (Wildman–Crippen LogP) is 2.47. The number of hydrogen-bond acceptors (Lipinski definition) is 3. The van der Waals surface area contributed by atoms with Crippen molar-refractivity contribution >= 4 is 21.8 Å². The van der Waals surface area contributed by atoms with Crippen LogP contribution in [0.1, 0.15) is 16.8 Å². The Morgan fingerprint density at radius 1 is 1.73 bits per heavy atom. The van der Waals surface area contributed by atoms with Crippen molar-refractivity contribution in [1.82, 2.24) is 5.32 Å². The molecule has 6 nitrogen and oxygen atoms in total. The second-order valence-electron chi connectivity index (χ2n) is 2.67. The van der Waals surface area contributed by atoms with Crippen LogP contribution < -0.4 is 5.32 Å². The van der Waals surface area contributed by atoms with Crippen LogP contribution in [0.25, 0.3) is 10.4 Å². The molecule has 1 heterocycles. The molecular formula is C8H9BrN4O2. The molecule has 1 aromatic heterocycles. The van der Waals surface area contributed by atoms with Crippen molar-refractivity contribution in [3.05, 3.63) is 33.0 Å². The molecule has 1 amide bonds. The molecule has 0 aliphatic carbocycles. The van der Waals surface area contributed by atoms with Crippen LogP contribution in [0.5, 0.6) is 0 Å². The van der Waals surface area contributed by atoms with Gasteiger partial charge in [0.2, 0.25) is 0 Å². The van der Waals surface area contributed by atoms with Gasteiger partial charge in [-0.3, -0.25) is 4.79 Å². The molecular weight excluding hydrogens is 264 g/mol. The van der Waals surface area contributed by atoms with E-state index in [2.05, 4.69) is 31.3 Å². The average molecular weight is 273 g/mol. The molecule has 0 fully saturated rings. The highest BCUT2D eigenvalue weighted by atomic mass is 79.9. The van der Waals surface area contributed by atoms with E-state index < -0.39 is 0 Å². The van der Waals surface area contributed by atoms with Crippen molar-refractivity contribution < 1.29 is 9.21 Å². The Morgan fingerprint density at radius 3 is 3.13 bits per heavy atom. The molecule has 0 radical (unpaired) electrons. The minimum atomic E-state index is -0.212. The number of nitrogens with zero attached hydrogens (tertiary/aromatic N) is 3. The first kappa shape index (κ1) is 11.6. The minimum absolute atomic E-state index is 0.212. The Hall–Kier alpha value is -1.46. The van der Waals surface area contributed by atoms with Crippen molar-refractivity contribution in [2.45, 2.75) is 6.42 Å². The van der Waals surface area contributed by atoms with Crippen LogP contribution in [0.2, 0.25) is 0 Å². The number of azide groups is 1. The molecule has 0 aliphatic rings. The summed E-state index contributed by atoms with van der Waals surface area (Å²) in [6.07, 6.45) is 2.05. The normalized spacial score (nSPS) is 9.40. The van der Waals surface area contributed by atoms with Gasteiger partial charge in [0.05, 0.1) is 11.8 Å². The molecule has 0 aromatic carbocycles. The van der Waals surface area contributed by atoms with Crippen molar-refractivity contribution in [3.8, 4) is 0 Å². The van der Waals surface area contributed by atoms with Crippen molar-refractivity contribution in [3.63, 3.8) is 0 Å². The van der Waals surface area contributed by atoms with Gasteiger partial charge >= 0.3 is 0 Å². The number of nitrogens with one attached hydrogen (secondary N) is 1. The van der Waals surface area contributed by atoms with Gasteiger partial charge in [-0.25, -0.2) is 0 Å². The highest BCUT2D eigenvalue weighted by molar-refractivity contribution is 9.10. The predicted molar refractivity (Wildman–Crippen MR) is 57.4 cm³/mol. The molecule has 0 bridgehead atoms. The van der Waals surface area contributed by atoms with Crippen LogP contribution in [-0.2, 0) is 0 Å². The van der Waals surface area contributed by atoms with Gasteiger partial charge in [0.1, 0.15) is 0 Å². The van der Waals surface area contributed by atoms with E-state index in [9.17, 15) is 4.79 Å². The summed E-state index contributed by atoms with van der Waals surface area (Å²) in [5.74, 6) is -0.212. The Bertz CT molecular complexity index is 384. The number of rotatable bonds is 5. The van der Waals surface area contributed by atoms with Gasteiger partial charge in [-0.15, -0.1) is 0 Å². The zero-order valence-corrected chi connectivity index (χ0v) is 9.40. The van der Waals surface area contributed by atoms with Crippen LogP contribution in [-0.4, -0.2) is 19.0 Å². The van der Waals surface area contributed by atoms with Gasteiger partial charge in [0, 0.05) is 18.0 Å². The topological polar surface area (TPSA) is 91.0 Å². The first-order valence-corrected chi connectivity index (χ1v) is 5.07. The lowest BCUT2D eigenvalue weighted by atomic mass is 10.3. The number of furan rings is 1. The summed E-state index contributed by atoms with van der Waals surface area (Å²) in [6.45, 7) is 0.846. The van der Waals surface area contributed by atoms with E-state index in [1.807, 2.05) is 0 Å². The number of hydrogen-bond donors (Lipinski definition) is 1. The fourth-order valence-electron chi connectivity index (χ4n) is 0.947. The standard InChI is InChI=1S/C8H9BrN4O2/c9-7-6(2-5-15-7)8(14)11-3-1-4-12-13-10/h2,5H,1,3-4H2,(H,11,14). The van der Waals surface area contributed by atoms with Crippen LogP contribution in [0.4, 0.5) is 0 Å². The summed E-state index contributed by atoms with van der Waals surface area (Å²) in [7, 11) is 0. The summed E-state index contributed by atoms with van der Waals surface area (Å²) >= 11 is 3.11. The fraction of sp³-hybridized carbons (Fsp3) is 0.375. The molecule has 1 aromatic rings. The number of halogens is 1. The third-order valence-electron chi connectivity index (χ3n) is 1.65. The Kier molecular flexibility index (Phi) is 4.73. The smallest absolute Gasteiger partial charge is 0.255 e. The molecule has 0 saturated carbocycles. The number of amides is 1. The van der Waals surface area contributed by atoms with Gasteiger partial charge in [0.15, 0.2) is 4.67 Å². The van der Waals surface area contributed by atoms with Gasteiger partial charge in [-0.05, 0) is 33.9 Å². The van der Waals surface area contributed by atoms with Gasteiger partial charge in [-0.1, -0.05) is 5.11 Å². The van der Waals surface area contributed by atoms with Crippen LogP contribution >= 0.6 is 15.9 Å². The first-order valence-electron chi connectivity index (χ1n) is 4.27. The van der Waals surface area contributed by atoms with Crippen LogP contribution in [0.15, 0.2) is 26.5 Å². The van der Waals surface area contributed by atoms with Crippen LogP contribution in [0.3, 0.4) is 0 Å². The van der Waals surface area contributed by atoms with E-state index in [1.165, 1.54) is 6.26 Å². The van der Waals surface area contributed by atoms with E-state index in [4.69, 9.17) is 9.95 Å². The summed E-state index contributed by atoms with van der Waals surface area (Å²) in [6, 6.07) is 1.58. The highest BCUT2D eigenvalue weighted by Gasteiger charge is 2.11. The van der Waals surface area contributed by atoms with Crippen molar-refractivity contribution in [2.24, 2.45) is 5.11 Å². The Labute approximate surface area is 94.4 Å². The molecule has 1 N–H and O–H groups in total. The molecule has 0 unspecified atom stereocenters. The van der Waals surface area contributed by atoms with E-state index >= 15 is 0 Å². The largest absolute Gasteiger partial charge is 0.457 e. The van der Waals surface area contributed by atoms with E-state index in [0.717, 1.165) is 0 Å². The lowest BCUT2D eigenvalue weighted by Gasteiger charge is -2.01. The Morgan fingerprint density at radius 2 is 2.53 bits per heavy atom. The summed E-state index contributed by atoms with van der Waals surface area (Å²) in [4.78, 5) is 14.1. The van der Waals surface area contributed by atoms with Gasteiger partial charge in [-0.2, -0.15) is 0 Å². The maximum Gasteiger partial charge on any atom is 0.255 e. The molecule has 0 atom stereocenters. The molecule has 80 valence electrons. The minimum Gasteiger partial charge on any atom is -0.457 e. The van der Waals surface area contributed by atoms with Crippen LogP contribution in [0, 0.1) is 0 Å². The maximum atomic E-state index is 11.5. The zero-order chi connectivity index (χ0) is 11.1. The molecule has 1 rings (SSSR count). The summed E-state index contributed by atoms with van der Waals surface area (Å²) in [5, 5.41) is 6.02. The maximum absolute atomic E-state index is 11.5. The monoisotopic (exact) mass is 272 g/mol. The molecule has 0 aliphatic heterocycles. The average Bonchev–Trinajstić information content (AvgIpc) is 2.64. The lowest BCUT2D eigenvalue weighted by molar-refractivity contribution is 0.0952. The zero-order valence-electron chi connectivity index (χ0n) is 7.81. The van der Waals surface area contributed by atoms with E-state index in [0.29, 0.717) is 29.7 Å². The van der Waals surface area contributed by atoms with E-state index in [1.54, 1.807) is 6.07 Å². The number of carbonyl (C=O) groups is 1. The van der Waals surface area contributed by atoms with Gasteiger partial charge in [0.25, 0.3) is 5.91 Å². The van der Waals surface area contributed by atoms with Crippen molar-refractivity contribution in [2.75, 3.05) is 13.1 Å². The second kappa shape index (κ2) is 6.10. The molecule has 0 spiro atoms. The number of carbonyl (C=O) groups excluding carboxylic acids is 1. The molecule has 7 heteroatoms. The molecule has 0 saturated heterocycles. The SMILES string of the molecule is [N-]=[N+]=NCCCNC(=O)c1ccoc1Br. The first-order chi connectivity index (χ1) is 7.25. The summed E-state index contributed by atoms with van der Waals surface area (Å²) < 4.78 is 5.33. The van der Waals surface area contributed by atoms with E-state index in [-0.39, 0.29) is 5.91 Å². The third kappa shape index (κ3) is 3.65. The third-order valence-corrected chi connectivity index (χ3v) is 2.26. The second-order valence-corrected chi connectivity index (χ2v) is 3.39. The molecule has 15 heavy (non-hydrogen) atoms. The fourth-order valence-corrected chi connectivity index (χ4v) is 1.37.